The molecule has 0 rings (SSSR count). The molecule has 0 saturated carbocycles. The fourth-order valence-electron chi connectivity index (χ4n) is 0.834. The Balaban J connectivity index is 4.31. The number of ether oxygens (including phenoxy) is 2. The molecule has 0 fully saturated rings. The number of carbonyl (C=O) groups excluding carboxylic acids is 2. The third-order valence-corrected chi connectivity index (χ3v) is 3.93. The third-order valence-electron chi connectivity index (χ3n) is 1.41. The zero-order valence-corrected chi connectivity index (χ0v) is 12.9. The van der Waals surface area contributed by atoms with Crippen LogP contribution in [0.15, 0.2) is 0 Å². The minimum absolute atomic E-state index is 0.214. The summed E-state index contributed by atoms with van der Waals surface area (Å²) in [5.41, 5.74) is 0. The van der Waals surface area contributed by atoms with Gasteiger partial charge in [-0.1, -0.05) is 31.9 Å². The fraction of sp³-hybridized carbons (Fsp3) is 0.800. The van der Waals surface area contributed by atoms with Gasteiger partial charge in [0.15, 0.2) is 0 Å². The second-order valence-electron chi connectivity index (χ2n) is 3.77. The molecule has 94 valence electrons. The van der Waals surface area contributed by atoms with Gasteiger partial charge in [-0.05, 0) is 27.7 Å². The highest BCUT2D eigenvalue weighted by Crippen LogP contribution is 2.18. The Bertz CT molecular complexity index is 227. The smallest absolute Gasteiger partial charge is 0.321 e. The average Bonchev–Trinajstić information content (AvgIpc) is 2.13. The average molecular weight is 360 g/mol. The van der Waals surface area contributed by atoms with Crippen LogP contribution < -0.4 is 0 Å². The van der Waals surface area contributed by atoms with Crippen molar-refractivity contribution >= 4 is 43.8 Å². The molecule has 0 bridgehead atoms. The van der Waals surface area contributed by atoms with Crippen molar-refractivity contribution in [1.82, 2.24) is 0 Å². The van der Waals surface area contributed by atoms with Crippen molar-refractivity contribution in [3.8, 4) is 0 Å². The van der Waals surface area contributed by atoms with Crippen LogP contribution >= 0.6 is 31.9 Å². The summed E-state index contributed by atoms with van der Waals surface area (Å²) in [5, 5.41) is 0. The van der Waals surface area contributed by atoms with Crippen LogP contribution in [-0.2, 0) is 19.1 Å². The number of hydrogen-bond acceptors (Lipinski definition) is 4. The first-order chi connectivity index (χ1) is 7.25. The number of carbonyl (C=O) groups is 2. The summed E-state index contributed by atoms with van der Waals surface area (Å²) in [7, 11) is 0. The summed E-state index contributed by atoms with van der Waals surface area (Å²) in [6.45, 7) is 6.97. The van der Waals surface area contributed by atoms with Crippen molar-refractivity contribution in [1.29, 1.82) is 0 Å². The van der Waals surface area contributed by atoms with E-state index in [1.807, 2.05) is 0 Å². The maximum Gasteiger partial charge on any atom is 0.321 e. The molecule has 0 aromatic heterocycles. The van der Waals surface area contributed by atoms with E-state index in [-0.39, 0.29) is 12.2 Å². The highest BCUT2D eigenvalue weighted by Gasteiger charge is 2.32. The van der Waals surface area contributed by atoms with Crippen molar-refractivity contribution in [2.24, 2.45) is 0 Å². The van der Waals surface area contributed by atoms with Crippen LogP contribution in [0.1, 0.15) is 27.7 Å². The zero-order valence-electron chi connectivity index (χ0n) is 9.70. The number of halogens is 2. The Labute approximate surface area is 112 Å². The first kappa shape index (κ1) is 15.9. The molecular formula is C10H16Br2O4. The molecule has 6 heteroatoms. The van der Waals surface area contributed by atoms with Crippen LogP contribution in [0.4, 0.5) is 0 Å². The Hall–Kier alpha value is -0.100. The molecule has 0 aliphatic rings. The number of rotatable bonds is 5. The molecule has 0 aromatic carbocycles. The van der Waals surface area contributed by atoms with Gasteiger partial charge < -0.3 is 9.47 Å². The predicted octanol–water partition coefficient (Wildman–Crippen LogP) is 2.42. The normalized spacial score (nSPS) is 14.8. The van der Waals surface area contributed by atoms with Gasteiger partial charge in [0.2, 0.25) is 0 Å². The van der Waals surface area contributed by atoms with Gasteiger partial charge in [-0.2, -0.15) is 0 Å². The molecular weight excluding hydrogens is 344 g/mol. The van der Waals surface area contributed by atoms with E-state index >= 15 is 0 Å². The Kier molecular flexibility index (Phi) is 7.22. The molecule has 2 atom stereocenters. The van der Waals surface area contributed by atoms with Gasteiger partial charge in [-0.25, -0.2) is 0 Å². The van der Waals surface area contributed by atoms with Gasteiger partial charge in [-0.15, -0.1) is 0 Å². The molecule has 0 N–H and O–H groups in total. The van der Waals surface area contributed by atoms with E-state index in [0.29, 0.717) is 0 Å². The summed E-state index contributed by atoms with van der Waals surface area (Å²) >= 11 is 6.21. The van der Waals surface area contributed by atoms with Crippen LogP contribution in [0.2, 0.25) is 0 Å². The Morgan fingerprint density at radius 1 is 0.812 bits per heavy atom. The summed E-state index contributed by atoms with van der Waals surface area (Å²) in [6, 6.07) is 0. The topological polar surface area (TPSA) is 52.6 Å². The number of esters is 2. The fourth-order valence-corrected chi connectivity index (χ4v) is 1.48. The lowest BCUT2D eigenvalue weighted by Gasteiger charge is -2.17. The summed E-state index contributed by atoms with van der Waals surface area (Å²) in [5.74, 6) is -0.977. The molecule has 16 heavy (non-hydrogen) atoms. The molecule has 0 radical (unpaired) electrons. The molecule has 0 aliphatic heterocycles. The van der Waals surface area contributed by atoms with Gasteiger partial charge in [0.1, 0.15) is 9.65 Å². The van der Waals surface area contributed by atoms with Crippen molar-refractivity contribution in [3.05, 3.63) is 0 Å². The number of hydrogen-bond donors (Lipinski definition) is 0. The van der Waals surface area contributed by atoms with E-state index in [9.17, 15) is 9.59 Å². The lowest BCUT2D eigenvalue weighted by molar-refractivity contribution is -0.152. The molecule has 0 spiro atoms. The molecule has 0 saturated heterocycles. The van der Waals surface area contributed by atoms with Crippen LogP contribution in [0.3, 0.4) is 0 Å². The van der Waals surface area contributed by atoms with Gasteiger partial charge in [-0.3, -0.25) is 9.59 Å². The van der Waals surface area contributed by atoms with Crippen molar-refractivity contribution in [2.75, 3.05) is 0 Å². The van der Waals surface area contributed by atoms with Gasteiger partial charge in [0.25, 0.3) is 0 Å². The van der Waals surface area contributed by atoms with Crippen molar-refractivity contribution in [2.45, 2.75) is 49.6 Å². The maximum atomic E-state index is 11.5. The van der Waals surface area contributed by atoms with Gasteiger partial charge in [0.05, 0.1) is 12.2 Å². The second-order valence-corrected chi connectivity index (χ2v) is 5.75. The third kappa shape index (κ3) is 5.84. The van der Waals surface area contributed by atoms with E-state index in [0.717, 1.165) is 0 Å². The van der Waals surface area contributed by atoms with E-state index < -0.39 is 21.6 Å². The van der Waals surface area contributed by atoms with Crippen LogP contribution in [0.5, 0.6) is 0 Å². The monoisotopic (exact) mass is 358 g/mol. The lowest BCUT2D eigenvalue weighted by Crippen LogP contribution is -2.35. The van der Waals surface area contributed by atoms with E-state index in [4.69, 9.17) is 9.47 Å². The van der Waals surface area contributed by atoms with Crippen molar-refractivity contribution in [3.63, 3.8) is 0 Å². The zero-order chi connectivity index (χ0) is 12.9. The van der Waals surface area contributed by atoms with Crippen LogP contribution in [0, 0.1) is 0 Å². The largest absolute Gasteiger partial charge is 0.462 e. The van der Waals surface area contributed by atoms with Crippen LogP contribution in [-0.4, -0.2) is 33.8 Å². The number of alkyl halides is 2. The first-order valence-electron chi connectivity index (χ1n) is 4.94. The van der Waals surface area contributed by atoms with Gasteiger partial charge >= 0.3 is 11.9 Å². The maximum absolute atomic E-state index is 11.5. The summed E-state index contributed by atoms with van der Waals surface area (Å²) < 4.78 is 9.93. The first-order valence-corrected chi connectivity index (χ1v) is 6.78. The van der Waals surface area contributed by atoms with E-state index in [2.05, 4.69) is 31.9 Å². The minimum atomic E-state index is -0.749. The quantitative estimate of drug-likeness (QED) is 0.558. The minimum Gasteiger partial charge on any atom is -0.462 e. The van der Waals surface area contributed by atoms with Crippen molar-refractivity contribution < 1.29 is 19.1 Å². The second kappa shape index (κ2) is 7.27. The summed E-state index contributed by atoms with van der Waals surface area (Å²) in [6.07, 6.45) is -0.429. The molecule has 0 aliphatic carbocycles. The molecule has 0 unspecified atom stereocenters. The molecule has 0 heterocycles. The molecule has 0 aromatic rings. The molecule has 0 amide bonds. The molecule has 4 nitrogen and oxygen atoms in total. The van der Waals surface area contributed by atoms with E-state index in [1.165, 1.54) is 0 Å². The Morgan fingerprint density at radius 2 is 1.06 bits per heavy atom. The van der Waals surface area contributed by atoms with E-state index in [1.54, 1.807) is 27.7 Å². The summed E-state index contributed by atoms with van der Waals surface area (Å²) in [4.78, 5) is 21.5. The lowest BCUT2D eigenvalue weighted by atomic mass is 10.3. The SMILES string of the molecule is CC(C)OC(=O)[C@H](Br)[C@@H](Br)C(=O)OC(C)C. The van der Waals surface area contributed by atoms with Gasteiger partial charge in [0, 0.05) is 0 Å². The predicted molar refractivity (Wildman–Crippen MR) is 67.9 cm³/mol. The highest BCUT2D eigenvalue weighted by atomic mass is 79.9. The standard InChI is InChI=1S/C10H16Br2O4/c1-5(2)15-9(13)7(11)8(12)10(14)16-6(3)4/h5-8H,1-4H3/t7-,8-/m1/s1. The Morgan fingerprint density at radius 3 is 1.25 bits per heavy atom. The van der Waals surface area contributed by atoms with Crippen LogP contribution in [0.25, 0.3) is 0 Å². The highest BCUT2D eigenvalue weighted by molar-refractivity contribution is 9.12.